The summed E-state index contributed by atoms with van der Waals surface area (Å²) in [6.45, 7) is 1.61. The van der Waals surface area contributed by atoms with Crippen LogP contribution in [0.25, 0.3) is 6.08 Å². The molecular weight excluding hydrogens is 469 g/mol. The van der Waals surface area contributed by atoms with Gasteiger partial charge in [0.15, 0.2) is 17.3 Å². The summed E-state index contributed by atoms with van der Waals surface area (Å²) in [6.07, 6.45) is 1.56. The largest absolute Gasteiger partial charge is 0.493 e. The van der Waals surface area contributed by atoms with Gasteiger partial charge < -0.3 is 9.47 Å². The van der Waals surface area contributed by atoms with E-state index in [1.54, 1.807) is 66.7 Å². The molecule has 8 heteroatoms. The van der Waals surface area contributed by atoms with Gasteiger partial charge in [-0.1, -0.05) is 54.1 Å². The number of amides is 2. The molecule has 178 valence electrons. The van der Waals surface area contributed by atoms with Crippen LogP contribution in [-0.2, 0) is 11.4 Å². The van der Waals surface area contributed by atoms with Gasteiger partial charge in [-0.25, -0.2) is 4.39 Å². The summed E-state index contributed by atoms with van der Waals surface area (Å²) in [6, 6.07) is 18.3. The molecule has 35 heavy (non-hydrogen) atoms. The van der Waals surface area contributed by atoms with E-state index >= 15 is 0 Å². The van der Waals surface area contributed by atoms with Crippen molar-refractivity contribution in [1.82, 2.24) is 4.90 Å². The third kappa shape index (κ3) is 5.60. The Morgan fingerprint density at radius 2 is 1.77 bits per heavy atom. The Morgan fingerprint density at radius 1 is 1.03 bits per heavy atom. The maximum atomic E-state index is 13.9. The first-order valence-electron chi connectivity index (χ1n) is 10.7. The summed E-state index contributed by atoms with van der Waals surface area (Å²) in [7, 11) is 1.47. The summed E-state index contributed by atoms with van der Waals surface area (Å²) in [5.41, 5.74) is 2.46. The fourth-order valence-corrected chi connectivity index (χ4v) is 4.26. The molecule has 0 aliphatic carbocycles. The lowest BCUT2D eigenvalue weighted by Gasteiger charge is -2.12. The Hall–Kier alpha value is -3.91. The number of ketones is 1. The predicted molar refractivity (Wildman–Crippen MR) is 132 cm³/mol. The van der Waals surface area contributed by atoms with Crippen molar-refractivity contribution in [3.8, 4) is 11.5 Å². The Morgan fingerprint density at radius 3 is 2.49 bits per heavy atom. The van der Waals surface area contributed by atoms with Crippen molar-refractivity contribution in [2.24, 2.45) is 0 Å². The van der Waals surface area contributed by atoms with Gasteiger partial charge in [0.1, 0.15) is 12.4 Å². The number of halogens is 1. The highest BCUT2D eigenvalue weighted by Crippen LogP contribution is 2.35. The van der Waals surface area contributed by atoms with Crippen LogP contribution in [0.2, 0.25) is 0 Å². The molecule has 1 saturated heterocycles. The topological polar surface area (TPSA) is 72.9 Å². The second-order valence-corrected chi connectivity index (χ2v) is 8.84. The highest BCUT2D eigenvalue weighted by molar-refractivity contribution is 8.18. The highest BCUT2D eigenvalue weighted by atomic mass is 32.2. The zero-order chi connectivity index (χ0) is 24.9. The summed E-state index contributed by atoms with van der Waals surface area (Å²) < 4.78 is 24.9. The van der Waals surface area contributed by atoms with Crippen LogP contribution in [0.15, 0.2) is 71.6 Å². The lowest BCUT2D eigenvalue weighted by atomic mass is 10.1. The number of imide groups is 1. The van der Waals surface area contributed by atoms with E-state index in [1.807, 2.05) is 6.92 Å². The SMILES string of the molecule is COc1cc(/C=C2\SC(=O)N(CC(=O)c3ccc(C)cc3)C2=O)ccc1OCc1ccccc1F. The van der Waals surface area contributed by atoms with E-state index in [4.69, 9.17) is 9.47 Å². The van der Waals surface area contributed by atoms with Crippen LogP contribution in [0.5, 0.6) is 11.5 Å². The van der Waals surface area contributed by atoms with Crippen LogP contribution in [0.3, 0.4) is 0 Å². The molecule has 6 nitrogen and oxygen atoms in total. The Balaban J connectivity index is 1.47. The molecule has 0 atom stereocenters. The molecule has 1 heterocycles. The average molecular weight is 492 g/mol. The number of hydrogen-bond acceptors (Lipinski definition) is 6. The van der Waals surface area contributed by atoms with Crippen molar-refractivity contribution in [2.75, 3.05) is 13.7 Å². The number of rotatable bonds is 8. The minimum absolute atomic E-state index is 0.0241. The molecule has 0 bridgehead atoms. The molecule has 3 aromatic rings. The number of hydrogen-bond donors (Lipinski definition) is 0. The minimum atomic E-state index is -0.528. The van der Waals surface area contributed by atoms with Gasteiger partial charge in [-0.2, -0.15) is 0 Å². The van der Waals surface area contributed by atoms with E-state index in [0.29, 0.717) is 28.2 Å². The fraction of sp³-hybridized carbons (Fsp3) is 0.148. The second-order valence-electron chi connectivity index (χ2n) is 7.85. The highest BCUT2D eigenvalue weighted by Gasteiger charge is 2.36. The summed E-state index contributed by atoms with van der Waals surface area (Å²) in [5, 5.41) is -0.501. The third-order valence-electron chi connectivity index (χ3n) is 5.38. The quantitative estimate of drug-likeness (QED) is 0.300. The lowest BCUT2D eigenvalue weighted by Crippen LogP contribution is -2.33. The van der Waals surface area contributed by atoms with Gasteiger partial charge in [-0.05, 0) is 48.5 Å². The summed E-state index contributed by atoms with van der Waals surface area (Å²) in [5.74, 6) is -0.404. The summed E-state index contributed by atoms with van der Waals surface area (Å²) in [4.78, 5) is 39.0. The van der Waals surface area contributed by atoms with Crippen molar-refractivity contribution < 1.29 is 28.2 Å². The van der Waals surface area contributed by atoms with E-state index in [1.165, 1.54) is 13.2 Å². The lowest BCUT2D eigenvalue weighted by molar-refractivity contribution is -0.122. The molecule has 0 aromatic heterocycles. The van der Waals surface area contributed by atoms with Crippen LogP contribution in [-0.4, -0.2) is 35.5 Å². The number of carbonyl (C=O) groups is 3. The summed E-state index contributed by atoms with van der Waals surface area (Å²) >= 11 is 0.776. The molecule has 0 spiro atoms. The van der Waals surface area contributed by atoms with E-state index in [9.17, 15) is 18.8 Å². The number of Topliss-reactive ketones (excluding diaryl/α,β-unsaturated/α-hetero) is 1. The van der Waals surface area contributed by atoms with Crippen molar-refractivity contribution in [3.05, 3.63) is 99.7 Å². The van der Waals surface area contributed by atoms with E-state index < -0.39 is 11.1 Å². The van der Waals surface area contributed by atoms with Gasteiger partial charge in [0.05, 0.1) is 18.6 Å². The zero-order valence-corrected chi connectivity index (χ0v) is 19.9. The van der Waals surface area contributed by atoms with Gasteiger partial charge >= 0.3 is 0 Å². The number of aryl methyl sites for hydroxylation is 1. The number of thioether (sulfide) groups is 1. The maximum absolute atomic E-state index is 13.9. The van der Waals surface area contributed by atoms with Crippen molar-refractivity contribution in [2.45, 2.75) is 13.5 Å². The molecule has 1 aliphatic rings. The fourth-order valence-electron chi connectivity index (χ4n) is 3.43. The third-order valence-corrected chi connectivity index (χ3v) is 6.28. The molecule has 1 aliphatic heterocycles. The Bertz CT molecular complexity index is 1320. The molecule has 2 amide bonds. The number of ether oxygens (including phenoxy) is 2. The first-order valence-corrected chi connectivity index (χ1v) is 11.6. The van der Waals surface area contributed by atoms with Crippen molar-refractivity contribution in [3.63, 3.8) is 0 Å². The van der Waals surface area contributed by atoms with Gasteiger partial charge in [-0.15, -0.1) is 0 Å². The molecule has 3 aromatic carbocycles. The number of methoxy groups -OCH3 is 1. The molecule has 4 rings (SSSR count). The predicted octanol–water partition coefficient (Wildman–Crippen LogP) is 5.64. The van der Waals surface area contributed by atoms with Crippen molar-refractivity contribution in [1.29, 1.82) is 0 Å². The van der Waals surface area contributed by atoms with Crippen LogP contribution in [0, 0.1) is 12.7 Å². The number of benzene rings is 3. The van der Waals surface area contributed by atoms with Gasteiger partial charge in [0.2, 0.25) is 0 Å². The minimum Gasteiger partial charge on any atom is -0.493 e. The molecule has 0 unspecified atom stereocenters. The zero-order valence-electron chi connectivity index (χ0n) is 19.1. The van der Waals surface area contributed by atoms with Crippen LogP contribution >= 0.6 is 11.8 Å². The van der Waals surface area contributed by atoms with E-state index in [-0.39, 0.29) is 29.7 Å². The standard InChI is InChI=1S/C27H22FNO5S/c1-17-7-10-19(11-8-17)22(30)15-29-26(31)25(35-27(29)32)14-18-9-12-23(24(13-18)33-2)34-16-20-5-3-4-6-21(20)28/h3-14H,15-16H2,1-2H3/b25-14-. The first kappa shape index (κ1) is 24.2. The van der Waals surface area contributed by atoms with Crippen molar-refractivity contribution >= 4 is 34.8 Å². The monoisotopic (exact) mass is 491 g/mol. The maximum Gasteiger partial charge on any atom is 0.293 e. The van der Waals surface area contributed by atoms with Crippen LogP contribution in [0.4, 0.5) is 9.18 Å². The van der Waals surface area contributed by atoms with E-state index in [0.717, 1.165) is 22.2 Å². The molecule has 0 N–H and O–H groups in total. The average Bonchev–Trinajstić information content (AvgIpc) is 3.11. The molecular formula is C27H22FNO5S. The molecule has 1 fully saturated rings. The number of carbonyl (C=O) groups excluding carboxylic acids is 3. The van der Waals surface area contributed by atoms with E-state index in [2.05, 4.69) is 0 Å². The van der Waals surface area contributed by atoms with Gasteiger partial charge in [-0.3, -0.25) is 19.3 Å². The van der Waals surface area contributed by atoms with Gasteiger partial charge in [0, 0.05) is 11.1 Å². The smallest absolute Gasteiger partial charge is 0.293 e. The first-order chi connectivity index (χ1) is 16.9. The Kier molecular flexibility index (Phi) is 7.31. The van der Waals surface area contributed by atoms with Crippen LogP contribution in [0.1, 0.15) is 27.0 Å². The van der Waals surface area contributed by atoms with Gasteiger partial charge in [0.25, 0.3) is 11.1 Å². The molecule has 0 saturated carbocycles. The molecule has 0 radical (unpaired) electrons. The van der Waals surface area contributed by atoms with Crippen LogP contribution < -0.4 is 9.47 Å². The Labute approximate surface area is 206 Å². The number of nitrogens with zero attached hydrogens (tertiary/aromatic N) is 1. The second kappa shape index (κ2) is 10.6. The normalized spacial score (nSPS) is 14.5.